The quantitative estimate of drug-likeness (QED) is 0.632. The van der Waals surface area contributed by atoms with E-state index in [1.807, 2.05) is 6.92 Å². The van der Waals surface area contributed by atoms with Crippen molar-refractivity contribution in [2.75, 3.05) is 16.9 Å². The van der Waals surface area contributed by atoms with Gasteiger partial charge >= 0.3 is 0 Å². The Bertz CT molecular complexity index is 391. The lowest BCUT2D eigenvalue weighted by Gasteiger charge is -2.37. The van der Waals surface area contributed by atoms with Gasteiger partial charge in [0.05, 0.1) is 0 Å². The second-order valence-corrected chi connectivity index (χ2v) is 4.95. The van der Waals surface area contributed by atoms with E-state index in [9.17, 15) is 0 Å². The van der Waals surface area contributed by atoms with Crippen LogP contribution < -0.4 is 16.2 Å². The van der Waals surface area contributed by atoms with Gasteiger partial charge < -0.3 is 10.3 Å². The average Bonchev–Trinajstić information content (AvgIpc) is 2.40. The number of nitrogens with zero attached hydrogens (tertiary/aromatic N) is 3. The molecule has 5 heteroatoms. The first kappa shape index (κ1) is 13.1. The van der Waals surface area contributed by atoms with Crippen LogP contribution in [0.3, 0.4) is 0 Å². The number of hydrogen-bond acceptors (Lipinski definition) is 5. The van der Waals surface area contributed by atoms with Crippen molar-refractivity contribution in [2.24, 2.45) is 5.84 Å². The molecule has 0 radical (unpaired) electrons. The van der Waals surface area contributed by atoms with Gasteiger partial charge in [-0.1, -0.05) is 13.3 Å². The number of nitrogens with two attached hydrogens (primary N) is 1. The molecular weight excluding hydrogens is 226 g/mol. The molecule has 2 rings (SSSR count). The van der Waals surface area contributed by atoms with Crippen molar-refractivity contribution in [1.82, 2.24) is 9.97 Å². The van der Waals surface area contributed by atoms with Gasteiger partial charge in [0.15, 0.2) is 0 Å². The first-order valence-corrected chi connectivity index (χ1v) is 6.82. The normalized spacial score (nSPS) is 19.9. The Morgan fingerprint density at radius 1 is 1.44 bits per heavy atom. The molecule has 1 aliphatic rings. The van der Waals surface area contributed by atoms with E-state index >= 15 is 0 Å². The minimum atomic E-state index is 0.614. The third kappa shape index (κ3) is 2.56. The number of anilines is 2. The number of aromatic nitrogens is 2. The lowest BCUT2D eigenvalue weighted by atomic mass is 9.98. The van der Waals surface area contributed by atoms with Crippen molar-refractivity contribution in [2.45, 2.75) is 52.0 Å². The van der Waals surface area contributed by atoms with E-state index < -0.39 is 0 Å². The van der Waals surface area contributed by atoms with Gasteiger partial charge in [0.1, 0.15) is 18.0 Å². The van der Waals surface area contributed by atoms with Gasteiger partial charge in [0, 0.05) is 18.2 Å². The second-order valence-electron chi connectivity index (χ2n) is 4.95. The van der Waals surface area contributed by atoms with Crippen LogP contribution in [0.2, 0.25) is 0 Å². The molecule has 1 aliphatic heterocycles. The number of rotatable bonds is 4. The first-order chi connectivity index (χ1) is 8.77. The SMILES string of the molecule is CCCC1CCCCN1c1ncnc(NN)c1C. The Hall–Kier alpha value is -1.36. The van der Waals surface area contributed by atoms with Crippen molar-refractivity contribution >= 4 is 11.6 Å². The molecule has 2 heterocycles. The van der Waals surface area contributed by atoms with Gasteiger partial charge in [-0.15, -0.1) is 0 Å². The molecule has 0 bridgehead atoms. The van der Waals surface area contributed by atoms with Gasteiger partial charge in [-0.25, -0.2) is 15.8 Å². The molecule has 5 nitrogen and oxygen atoms in total. The van der Waals surface area contributed by atoms with E-state index in [4.69, 9.17) is 5.84 Å². The predicted octanol–water partition coefficient (Wildman–Crippen LogP) is 2.23. The molecular formula is C13H23N5. The minimum absolute atomic E-state index is 0.614. The lowest BCUT2D eigenvalue weighted by Crippen LogP contribution is -2.40. The number of nitrogens with one attached hydrogen (secondary N) is 1. The molecule has 1 fully saturated rings. The van der Waals surface area contributed by atoms with Gasteiger partial charge in [-0.3, -0.25) is 0 Å². The van der Waals surface area contributed by atoms with Crippen LogP contribution in [0.25, 0.3) is 0 Å². The highest BCUT2D eigenvalue weighted by atomic mass is 15.3. The summed E-state index contributed by atoms with van der Waals surface area (Å²) < 4.78 is 0. The standard InChI is InChI=1S/C13H23N5/c1-3-6-11-7-4-5-8-18(11)13-10(2)12(17-14)15-9-16-13/h9,11H,3-8,14H2,1-2H3,(H,15,16,17). The highest BCUT2D eigenvalue weighted by molar-refractivity contribution is 5.58. The minimum Gasteiger partial charge on any atom is -0.353 e. The molecule has 0 aliphatic carbocycles. The molecule has 1 saturated heterocycles. The summed E-state index contributed by atoms with van der Waals surface area (Å²) in [5.74, 6) is 7.24. The Balaban J connectivity index is 2.27. The van der Waals surface area contributed by atoms with E-state index in [1.165, 1.54) is 32.1 Å². The Kier molecular flexibility index (Phi) is 4.36. The van der Waals surface area contributed by atoms with Gasteiger partial charge in [-0.2, -0.15) is 0 Å². The monoisotopic (exact) mass is 249 g/mol. The molecule has 100 valence electrons. The topological polar surface area (TPSA) is 67.1 Å². The summed E-state index contributed by atoms with van der Waals surface area (Å²) in [5, 5.41) is 0. The van der Waals surface area contributed by atoms with Crippen LogP contribution in [-0.2, 0) is 0 Å². The van der Waals surface area contributed by atoms with Crippen LogP contribution in [0.5, 0.6) is 0 Å². The number of nitrogen functional groups attached to an aromatic ring is 1. The maximum absolute atomic E-state index is 5.48. The van der Waals surface area contributed by atoms with Crippen molar-refractivity contribution < 1.29 is 0 Å². The summed E-state index contributed by atoms with van der Waals surface area (Å²) in [6.07, 6.45) is 7.88. The van der Waals surface area contributed by atoms with E-state index in [1.54, 1.807) is 6.33 Å². The summed E-state index contributed by atoms with van der Waals surface area (Å²) in [7, 11) is 0. The van der Waals surface area contributed by atoms with Crippen molar-refractivity contribution in [1.29, 1.82) is 0 Å². The summed E-state index contributed by atoms with van der Waals surface area (Å²) in [6, 6.07) is 0.614. The zero-order valence-electron chi connectivity index (χ0n) is 11.3. The molecule has 0 amide bonds. The molecule has 1 aromatic rings. The molecule has 18 heavy (non-hydrogen) atoms. The summed E-state index contributed by atoms with van der Waals surface area (Å²) in [5.41, 5.74) is 3.69. The van der Waals surface area contributed by atoms with E-state index in [2.05, 4.69) is 27.2 Å². The maximum atomic E-state index is 5.48. The maximum Gasteiger partial charge on any atom is 0.148 e. The molecule has 0 spiro atoms. The third-order valence-electron chi connectivity index (χ3n) is 3.72. The third-order valence-corrected chi connectivity index (χ3v) is 3.72. The summed E-state index contributed by atoms with van der Waals surface area (Å²) in [6.45, 7) is 5.36. The van der Waals surface area contributed by atoms with Crippen LogP contribution in [0.4, 0.5) is 11.6 Å². The summed E-state index contributed by atoms with van der Waals surface area (Å²) >= 11 is 0. The number of hydrogen-bond donors (Lipinski definition) is 2. The highest BCUT2D eigenvalue weighted by Gasteiger charge is 2.24. The Morgan fingerprint density at radius 2 is 2.28 bits per heavy atom. The average molecular weight is 249 g/mol. The van der Waals surface area contributed by atoms with Gasteiger partial charge in [0.25, 0.3) is 0 Å². The van der Waals surface area contributed by atoms with Crippen molar-refractivity contribution in [3.63, 3.8) is 0 Å². The zero-order valence-corrected chi connectivity index (χ0v) is 11.3. The van der Waals surface area contributed by atoms with Crippen molar-refractivity contribution in [3.05, 3.63) is 11.9 Å². The number of piperidine rings is 1. The van der Waals surface area contributed by atoms with E-state index in [0.29, 0.717) is 6.04 Å². The fraction of sp³-hybridized carbons (Fsp3) is 0.692. The fourth-order valence-corrected chi connectivity index (χ4v) is 2.79. The molecule has 1 aromatic heterocycles. The van der Waals surface area contributed by atoms with E-state index in [0.717, 1.165) is 23.7 Å². The first-order valence-electron chi connectivity index (χ1n) is 6.82. The number of hydrazine groups is 1. The van der Waals surface area contributed by atoms with Crippen LogP contribution in [0.1, 0.15) is 44.6 Å². The second kappa shape index (κ2) is 6.00. The van der Waals surface area contributed by atoms with Gasteiger partial charge in [-0.05, 0) is 32.6 Å². The molecule has 0 saturated carbocycles. The highest BCUT2D eigenvalue weighted by Crippen LogP contribution is 2.29. The lowest BCUT2D eigenvalue weighted by molar-refractivity contribution is 0.431. The Morgan fingerprint density at radius 3 is 3.00 bits per heavy atom. The fourth-order valence-electron chi connectivity index (χ4n) is 2.79. The predicted molar refractivity (Wildman–Crippen MR) is 74.5 cm³/mol. The largest absolute Gasteiger partial charge is 0.353 e. The van der Waals surface area contributed by atoms with Crippen LogP contribution in [0, 0.1) is 6.92 Å². The molecule has 3 N–H and O–H groups in total. The van der Waals surface area contributed by atoms with Gasteiger partial charge in [0.2, 0.25) is 0 Å². The molecule has 1 atom stereocenters. The molecule has 1 unspecified atom stereocenters. The Labute approximate surface area is 109 Å². The van der Waals surface area contributed by atoms with Crippen LogP contribution >= 0.6 is 0 Å². The van der Waals surface area contributed by atoms with E-state index in [-0.39, 0.29) is 0 Å². The van der Waals surface area contributed by atoms with Crippen molar-refractivity contribution in [3.8, 4) is 0 Å². The smallest absolute Gasteiger partial charge is 0.148 e. The van der Waals surface area contributed by atoms with Crippen LogP contribution in [-0.4, -0.2) is 22.6 Å². The molecule has 0 aromatic carbocycles. The zero-order chi connectivity index (χ0) is 13.0. The summed E-state index contributed by atoms with van der Waals surface area (Å²) in [4.78, 5) is 11.0. The van der Waals surface area contributed by atoms with Crippen LogP contribution in [0.15, 0.2) is 6.33 Å².